The fourth-order valence-corrected chi connectivity index (χ4v) is 1.07. The first kappa shape index (κ1) is 9.48. The summed E-state index contributed by atoms with van der Waals surface area (Å²) in [6.45, 7) is 0. The van der Waals surface area contributed by atoms with Crippen LogP contribution in [0, 0.1) is 0 Å². The zero-order valence-corrected chi connectivity index (χ0v) is 6.92. The molecule has 0 spiro atoms. The van der Waals surface area contributed by atoms with Gasteiger partial charge in [-0.15, -0.1) is 0 Å². The molecule has 0 aliphatic carbocycles. The van der Waals surface area contributed by atoms with Gasteiger partial charge in [0.2, 0.25) is 0 Å². The van der Waals surface area contributed by atoms with Crippen LogP contribution in [0.25, 0.3) is 0 Å². The average Bonchev–Trinajstić information content (AvgIpc) is 2.18. The molecule has 0 saturated heterocycles. The van der Waals surface area contributed by atoms with Gasteiger partial charge in [0.25, 0.3) is 0 Å². The molecule has 1 rings (SSSR count). The fraction of sp³-hybridized carbons (Fsp3) is 0.100. The Balaban J connectivity index is 3.05. The summed E-state index contributed by atoms with van der Waals surface area (Å²) in [6.07, 6.45) is 1.68. The Bertz CT molecular complexity index is 318. The third kappa shape index (κ3) is 2.16. The summed E-state index contributed by atoms with van der Waals surface area (Å²) < 4.78 is 0. The Hall–Kier alpha value is -1.61. The highest BCUT2D eigenvalue weighted by Crippen LogP contribution is 2.17. The minimum Gasteiger partial charge on any atom is -0.516 e. The van der Waals surface area contributed by atoms with Gasteiger partial charge in [-0.3, -0.25) is 4.79 Å². The van der Waals surface area contributed by atoms with Crippen molar-refractivity contribution >= 4 is 6.29 Å². The molecule has 0 aliphatic rings. The molecule has 3 heteroatoms. The zero-order valence-electron chi connectivity index (χ0n) is 6.92. The van der Waals surface area contributed by atoms with Crippen LogP contribution < -0.4 is 0 Å². The lowest BCUT2D eigenvalue weighted by atomic mass is 10.0. The van der Waals surface area contributed by atoms with Gasteiger partial charge in [-0.2, -0.15) is 0 Å². The van der Waals surface area contributed by atoms with Gasteiger partial charge in [-0.1, -0.05) is 24.3 Å². The number of rotatable bonds is 3. The van der Waals surface area contributed by atoms with Gasteiger partial charge in [-0.25, -0.2) is 0 Å². The molecule has 0 amide bonds. The summed E-state index contributed by atoms with van der Waals surface area (Å²) in [4.78, 5) is 10.5. The summed E-state index contributed by atoms with van der Waals surface area (Å²) in [5, 5.41) is 17.9. The van der Waals surface area contributed by atoms with Crippen LogP contribution in [-0.2, 0) is 0 Å². The van der Waals surface area contributed by atoms with Crippen LogP contribution in [0.15, 0.2) is 36.6 Å². The minimum absolute atomic E-state index is 0.424. The molecule has 0 fully saturated rings. The van der Waals surface area contributed by atoms with E-state index in [4.69, 9.17) is 5.11 Å². The Morgan fingerprint density at radius 1 is 1.31 bits per heavy atom. The summed E-state index contributed by atoms with van der Waals surface area (Å²) in [6, 6.07) is 6.67. The Morgan fingerprint density at radius 3 is 2.62 bits per heavy atom. The lowest BCUT2D eigenvalue weighted by Crippen LogP contribution is -1.98. The van der Waals surface area contributed by atoms with E-state index in [1.54, 1.807) is 24.3 Å². The van der Waals surface area contributed by atoms with E-state index in [0.29, 0.717) is 17.4 Å². The van der Waals surface area contributed by atoms with Gasteiger partial charge in [0.05, 0.1) is 6.26 Å². The highest BCUT2D eigenvalue weighted by atomic mass is 16.3. The maximum atomic E-state index is 10.5. The van der Waals surface area contributed by atoms with Crippen molar-refractivity contribution < 1.29 is 15.0 Å². The van der Waals surface area contributed by atoms with Crippen molar-refractivity contribution in [3.05, 3.63) is 47.7 Å². The van der Waals surface area contributed by atoms with Gasteiger partial charge in [0.1, 0.15) is 12.4 Å². The molecule has 1 aromatic rings. The molecule has 1 aromatic carbocycles. The van der Waals surface area contributed by atoms with Crippen LogP contribution >= 0.6 is 0 Å². The molecule has 3 nitrogen and oxygen atoms in total. The lowest BCUT2D eigenvalue weighted by molar-refractivity contribution is 0.111. The molecule has 13 heavy (non-hydrogen) atoms. The second kappa shape index (κ2) is 4.42. The zero-order chi connectivity index (χ0) is 9.68. The first-order valence-corrected chi connectivity index (χ1v) is 3.82. The molecule has 0 heterocycles. The third-order valence-corrected chi connectivity index (χ3v) is 1.71. The van der Waals surface area contributed by atoms with Crippen LogP contribution in [0.1, 0.15) is 22.0 Å². The van der Waals surface area contributed by atoms with E-state index >= 15 is 0 Å². The fourth-order valence-electron chi connectivity index (χ4n) is 1.07. The monoisotopic (exact) mass is 178 g/mol. The summed E-state index contributed by atoms with van der Waals surface area (Å²) in [5.41, 5.74) is 0.913. The van der Waals surface area contributed by atoms with Crippen molar-refractivity contribution in [1.82, 2.24) is 0 Å². The summed E-state index contributed by atoms with van der Waals surface area (Å²) in [5.74, 6) is 0. The molecule has 0 radical (unpaired) electrons. The van der Waals surface area contributed by atoms with Crippen molar-refractivity contribution in [1.29, 1.82) is 0 Å². The molecular weight excluding hydrogens is 168 g/mol. The molecule has 0 bridgehead atoms. The molecule has 1 unspecified atom stereocenters. The number of carbonyl (C=O) groups excluding carboxylic acids is 1. The average molecular weight is 178 g/mol. The van der Waals surface area contributed by atoms with Crippen LogP contribution in [-0.4, -0.2) is 16.5 Å². The quantitative estimate of drug-likeness (QED) is 0.546. The highest BCUT2D eigenvalue weighted by molar-refractivity contribution is 5.77. The highest BCUT2D eigenvalue weighted by Gasteiger charge is 2.07. The van der Waals surface area contributed by atoms with Gasteiger partial charge >= 0.3 is 0 Å². The van der Waals surface area contributed by atoms with Gasteiger partial charge in [0, 0.05) is 5.56 Å². The summed E-state index contributed by atoms with van der Waals surface area (Å²) >= 11 is 0. The van der Waals surface area contributed by atoms with Gasteiger partial charge < -0.3 is 10.2 Å². The van der Waals surface area contributed by atoms with E-state index in [9.17, 15) is 9.90 Å². The second-order valence-electron chi connectivity index (χ2n) is 2.53. The number of benzene rings is 1. The number of aldehydes is 1. The number of hydrogen-bond acceptors (Lipinski definition) is 3. The molecule has 0 saturated carbocycles. The van der Waals surface area contributed by atoms with E-state index in [-0.39, 0.29) is 0 Å². The number of carbonyl (C=O) groups is 1. The van der Waals surface area contributed by atoms with Crippen LogP contribution in [0.5, 0.6) is 0 Å². The van der Waals surface area contributed by atoms with E-state index in [1.807, 2.05) is 0 Å². The predicted molar refractivity (Wildman–Crippen MR) is 48.6 cm³/mol. The molecule has 0 aromatic heterocycles. The number of aliphatic hydroxyl groups is 2. The third-order valence-electron chi connectivity index (χ3n) is 1.71. The smallest absolute Gasteiger partial charge is 0.150 e. The normalized spacial score (nSPS) is 13.0. The molecule has 68 valence electrons. The first-order valence-electron chi connectivity index (χ1n) is 3.82. The SMILES string of the molecule is O=Cc1ccccc1C(O)C=CO. The number of hydrogen-bond donors (Lipinski definition) is 2. The predicted octanol–water partition coefficient (Wildman–Crippen LogP) is 1.60. The van der Waals surface area contributed by atoms with E-state index in [1.165, 1.54) is 6.08 Å². The van der Waals surface area contributed by atoms with Crippen LogP contribution in [0.3, 0.4) is 0 Å². The maximum absolute atomic E-state index is 10.5. The molecule has 2 N–H and O–H groups in total. The topological polar surface area (TPSA) is 57.5 Å². The Morgan fingerprint density at radius 2 is 2.00 bits per heavy atom. The molecular formula is C10H10O3. The van der Waals surface area contributed by atoms with Crippen molar-refractivity contribution in [2.24, 2.45) is 0 Å². The summed E-state index contributed by atoms with van der Waals surface area (Å²) in [7, 11) is 0. The minimum atomic E-state index is -0.939. The van der Waals surface area contributed by atoms with Gasteiger partial charge in [-0.05, 0) is 11.6 Å². The van der Waals surface area contributed by atoms with Gasteiger partial charge in [0.15, 0.2) is 0 Å². The van der Waals surface area contributed by atoms with E-state index < -0.39 is 6.10 Å². The Kier molecular flexibility index (Phi) is 3.23. The lowest BCUT2D eigenvalue weighted by Gasteiger charge is -2.07. The van der Waals surface area contributed by atoms with Crippen molar-refractivity contribution in [2.45, 2.75) is 6.10 Å². The molecule has 1 atom stereocenters. The Labute approximate surface area is 76.0 Å². The van der Waals surface area contributed by atoms with Crippen molar-refractivity contribution in [3.8, 4) is 0 Å². The van der Waals surface area contributed by atoms with Crippen molar-refractivity contribution in [3.63, 3.8) is 0 Å². The van der Waals surface area contributed by atoms with Crippen molar-refractivity contribution in [2.75, 3.05) is 0 Å². The van der Waals surface area contributed by atoms with Crippen LogP contribution in [0.4, 0.5) is 0 Å². The standard InChI is InChI=1S/C10H10O3/c11-6-5-10(13)9-4-2-1-3-8(9)7-12/h1-7,10-11,13H. The first-order chi connectivity index (χ1) is 6.29. The second-order valence-corrected chi connectivity index (χ2v) is 2.53. The molecule has 0 aliphatic heterocycles. The maximum Gasteiger partial charge on any atom is 0.150 e. The number of aliphatic hydroxyl groups excluding tert-OH is 2. The van der Waals surface area contributed by atoms with E-state index in [2.05, 4.69) is 0 Å². The largest absolute Gasteiger partial charge is 0.516 e. The van der Waals surface area contributed by atoms with E-state index in [0.717, 1.165) is 6.26 Å². The van der Waals surface area contributed by atoms with Crippen LogP contribution in [0.2, 0.25) is 0 Å².